The lowest BCUT2D eigenvalue weighted by Crippen LogP contribution is -1.98. The molecule has 2 N–H and O–H groups in total. The van der Waals surface area contributed by atoms with E-state index in [0.29, 0.717) is 11.8 Å². The Hall–Kier alpha value is -1.46. The maximum absolute atomic E-state index is 5.64. The van der Waals surface area contributed by atoms with Gasteiger partial charge in [0, 0.05) is 17.9 Å². The number of oxazole rings is 1. The first-order valence-corrected chi connectivity index (χ1v) is 6.62. The highest BCUT2D eigenvalue weighted by atomic mass is 32.2. The summed E-state index contributed by atoms with van der Waals surface area (Å²) >= 11 is 1.54. The van der Waals surface area contributed by atoms with Gasteiger partial charge in [0.15, 0.2) is 0 Å². The van der Waals surface area contributed by atoms with Crippen LogP contribution in [0.2, 0.25) is 0 Å². The Morgan fingerprint density at radius 1 is 1.44 bits per heavy atom. The summed E-state index contributed by atoms with van der Waals surface area (Å²) in [7, 11) is 1.67. The molecule has 2 rings (SSSR count). The number of hydrogen-bond donors (Lipinski definition) is 1. The third kappa shape index (κ3) is 3.05. The second kappa shape index (κ2) is 5.93. The average Bonchev–Trinajstić information content (AvgIpc) is 2.81. The molecule has 5 heteroatoms. The first-order chi connectivity index (χ1) is 8.72. The zero-order valence-corrected chi connectivity index (χ0v) is 11.3. The number of methoxy groups -OCH3 is 1. The molecule has 1 aromatic carbocycles. The number of nitrogens with zero attached hydrogens (tertiary/aromatic N) is 1. The second-order valence-electron chi connectivity index (χ2n) is 3.89. The van der Waals surface area contributed by atoms with Crippen LogP contribution in [0, 0.1) is 6.92 Å². The summed E-state index contributed by atoms with van der Waals surface area (Å²) in [5.41, 5.74) is 8.72. The molecule has 0 aliphatic carbocycles. The van der Waals surface area contributed by atoms with Gasteiger partial charge in [0.05, 0.1) is 12.8 Å². The standard InChI is InChI=1S/C13H16N2O2S/c1-9-7-17-13(15-9)18-8-11-5-10(6-14)3-4-12(11)16-2/h3-5,7H,6,8,14H2,1-2H3. The number of nitrogens with two attached hydrogens (primary N) is 1. The summed E-state index contributed by atoms with van der Waals surface area (Å²) in [5, 5.41) is 0.674. The Labute approximate surface area is 111 Å². The van der Waals surface area contributed by atoms with Gasteiger partial charge in [-0.05, 0) is 24.6 Å². The van der Waals surface area contributed by atoms with Gasteiger partial charge in [-0.15, -0.1) is 0 Å². The number of thioether (sulfide) groups is 1. The number of ether oxygens (including phenoxy) is 1. The van der Waals surface area contributed by atoms with Gasteiger partial charge in [-0.2, -0.15) is 0 Å². The average molecular weight is 264 g/mol. The van der Waals surface area contributed by atoms with Crippen LogP contribution >= 0.6 is 11.8 Å². The highest BCUT2D eigenvalue weighted by molar-refractivity contribution is 7.98. The minimum Gasteiger partial charge on any atom is -0.496 e. The van der Waals surface area contributed by atoms with Gasteiger partial charge in [0.1, 0.15) is 12.0 Å². The molecule has 0 saturated carbocycles. The van der Waals surface area contributed by atoms with E-state index in [1.165, 1.54) is 0 Å². The number of benzene rings is 1. The van der Waals surface area contributed by atoms with Crippen LogP contribution in [0.15, 0.2) is 34.1 Å². The minimum absolute atomic E-state index is 0.528. The molecule has 0 spiro atoms. The zero-order chi connectivity index (χ0) is 13.0. The van der Waals surface area contributed by atoms with Crippen molar-refractivity contribution in [2.24, 2.45) is 5.73 Å². The molecule has 96 valence electrons. The van der Waals surface area contributed by atoms with Crippen molar-refractivity contribution in [3.63, 3.8) is 0 Å². The summed E-state index contributed by atoms with van der Waals surface area (Å²) in [4.78, 5) is 4.25. The number of aryl methyl sites for hydroxylation is 1. The van der Waals surface area contributed by atoms with E-state index in [-0.39, 0.29) is 0 Å². The fourth-order valence-corrected chi connectivity index (χ4v) is 2.44. The lowest BCUT2D eigenvalue weighted by molar-refractivity contribution is 0.411. The van der Waals surface area contributed by atoms with Crippen molar-refractivity contribution < 1.29 is 9.15 Å². The Morgan fingerprint density at radius 2 is 2.28 bits per heavy atom. The maximum atomic E-state index is 5.64. The summed E-state index contributed by atoms with van der Waals surface area (Å²) in [6.45, 7) is 2.43. The molecule has 0 saturated heterocycles. The van der Waals surface area contributed by atoms with E-state index in [4.69, 9.17) is 14.9 Å². The van der Waals surface area contributed by atoms with Gasteiger partial charge in [0.2, 0.25) is 0 Å². The van der Waals surface area contributed by atoms with Gasteiger partial charge >= 0.3 is 0 Å². The smallest absolute Gasteiger partial charge is 0.256 e. The van der Waals surface area contributed by atoms with Crippen molar-refractivity contribution in [1.82, 2.24) is 4.98 Å². The molecular weight excluding hydrogens is 248 g/mol. The predicted molar refractivity (Wildman–Crippen MR) is 71.7 cm³/mol. The van der Waals surface area contributed by atoms with Crippen LogP contribution in [-0.2, 0) is 12.3 Å². The molecule has 0 amide bonds. The van der Waals surface area contributed by atoms with Crippen LogP contribution in [0.25, 0.3) is 0 Å². The van der Waals surface area contributed by atoms with Crippen molar-refractivity contribution in [1.29, 1.82) is 0 Å². The zero-order valence-electron chi connectivity index (χ0n) is 10.5. The SMILES string of the molecule is COc1ccc(CN)cc1CSc1nc(C)co1. The topological polar surface area (TPSA) is 61.3 Å². The second-order valence-corrected chi connectivity index (χ2v) is 4.82. The highest BCUT2D eigenvalue weighted by Gasteiger charge is 2.07. The number of aromatic nitrogens is 1. The van der Waals surface area contributed by atoms with Crippen molar-refractivity contribution >= 4 is 11.8 Å². The van der Waals surface area contributed by atoms with Crippen molar-refractivity contribution in [2.75, 3.05) is 7.11 Å². The molecule has 2 aromatic rings. The van der Waals surface area contributed by atoms with Crippen molar-refractivity contribution in [3.8, 4) is 5.75 Å². The summed E-state index contributed by atoms with van der Waals surface area (Å²) in [6.07, 6.45) is 1.65. The van der Waals surface area contributed by atoms with Crippen LogP contribution < -0.4 is 10.5 Å². The van der Waals surface area contributed by atoms with E-state index in [1.807, 2.05) is 19.1 Å². The minimum atomic E-state index is 0.528. The summed E-state index contributed by atoms with van der Waals surface area (Å²) in [5.74, 6) is 1.61. The lowest BCUT2D eigenvalue weighted by Gasteiger charge is -2.08. The molecule has 4 nitrogen and oxygen atoms in total. The van der Waals surface area contributed by atoms with E-state index in [0.717, 1.165) is 28.3 Å². The van der Waals surface area contributed by atoms with E-state index in [9.17, 15) is 0 Å². The van der Waals surface area contributed by atoms with Gasteiger partial charge < -0.3 is 14.9 Å². The molecule has 0 atom stereocenters. The molecule has 0 radical (unpaired) electrons. The fraction of sp³-hybridized carbons (Fsp3) is 0.308. The monoisotopic (exact) mass is 264 g/mol. The first-order valence-electron chi connectivity index (χ1n) is 5.63. The molecule has 0 bridgehead atoms. The molecule has 0 fully saturated rings. The van der Waals surface area contributed by atoms with Crippen molar-refractivity contribution in [2.45, 2.75) is 24.4 Å². The highest BCUT2D eigenvalue weighted by Crippen LogP contribution is 2.28. The number of rotatable bonds is 5. The first kappa shape index (κ1) is 13.0. The Balaban J connectivity index is 2.11. The fourth-order valence-electron chi connectivity index (χ4n) is 1.61. The molecule has 0 aliphatic rings. The Kier molecular flexibility index (Phi) is 4.28. The molecule has 1 heterocycles. The Morgan fingerprint density at radius 3 is 2.89 bits per heavy atom. The third-order valence-corrected chi connectivity index (χ3v) is 3.42. The van der Waals surface area contributed by atoms with Crippen LogP contribution in [0.1, 0.15) is 16.8 Å². The van der Waals surface area contributed by atoms with E-state index < -0.39 is 0 Å². The molecule has 0 aliphatic heterocycles. The van der Waals surface area contributed by atoms with Crippen LogP contribution in [-0.4, -0.2) is 12.1 Å². The largest absolute Gasteiger partial charge is 0.496 e. The summed E-state index contributed by atoms with van der Waals surface area (Å²) < 4.78 is 10.6. The summed E-state index contributed by atoms with van der Waals surface area (Å²) in [6, 6.07) is 5.98. The van der Waals surface area contributed by atoms with E-state index in [1.54, 1.807) is 25.1 Å². The molecule has 1 aromatic heterocycles. The maximum Gasteiger partial charge on any atom is 0.256 e. The van der Waals surface area contributed by atoms with Crippen LogP contribution in [0.4, 0.5) is 0 Å². The van der Waals surface area contributed by atoms with Gasteiger partial charge in [-0.1, -0.05) is 17.8 Å². The lowest BCUT2D eigenvalue weighted by atomic mass is 10.1. The van der Waals surface area contributed by atoms with E-state index >= 15 is 0 Å². The molecule has 0 unspecified atom stereocenters. The van der Waals surface area contributed by atoms with Gasteiger partial charge in [0.25, 0.3) is 5.22 Å². The van der Waals surface area contributed by atoms with Gasteiger partial charge in [-0.3, -0.25) is 0 Å². The Bertz CT molecular complexity index is 525. The van der Waals surface area contributed by atoms with Crippen LogP contribution in [0.5, 0.6) is 5.75 Å². The number of hydrogen-bond acceptors (Lipinski definition) is 5. The molecular formula is C13H16N2O2S. The third-order valence-electron chi connectivity index (χ3n) is 2.53. The van der Waals surface area contributed by atoms with Crippen molar-refractivity contribution in [3.05, 3.63) is 41.3 Å². The van der Waals surface area contributed by atoms with E-state index in [2.05, 4.69) is 11.1 Å². The molecule has 18 heavy (non-hydrogen) atoms. The predicted octanol–water partition coefficient (Wildman–Crippen LogP) is 2.74. The van der Waals surface area contributed by atoms with Gasteiger partial charge in [-0.25, -0.2) is 4.98 Å². The normalized spacial score (nSPS) is 10.6. The van der Waals surface area contributed by atoms with Crippen LogP contribution in [0.3, 0.4) is 0 Å². The quantitative estimate of drug-likeness (QED) is 0.841.